The minimum atomic E-state index is 0.290. The van der Waals surface area contributed by atoms with Crippen LogP contribution in [0, 0.1) is 5.92 Å². The third-order valence-corrected chi connectivity index (χ3v) is 5.42. The molecular weight excluding hydrogens is 254 g/mol. The molecule has 118 valence electrons. The molecule has 1 unspecified atom stereocenters. The van der Waals surface area contributed by atoms with Crippen LogP contribution >= 0.6 is 0 Å². The molecule has 0 aromatic heterocycles. The molecule has 21 heavy (non-hydrogen) atoms. The summed E-state index contributed by atoms with van der Waals surface area (Å²) in [5.74, 6) is 0.835. The van der Waals surface area contributed by atoms with Crippen LogP contribution in [-0.2, 0) is 5.41 Å². The Balaban J connectivity index is 2.15. The van der Waals surface area contributed by atoms with Gasteiger partial charge in [0.1, 0.15) is 0 Å². The van der Waals surface area contributed by atoms with Crippen LogP contribution in [-0.4, -0.2) is 6.54 Å². The molecule has 0 spiro atoms. The van der Waals surface area contributed by atoms with Crippen LogP contribution in [0.3, 0.4) is 0 Å². The zero-order valence-corrected chi connectivity index (χ0v) is 14.4. The zero-order valence-electron chi connectivity index (χ0n) is 14.4. The Bertz CT molecular complexity index is 412. The quantitative estimate of drug-likeness (QED) is 0.687. The van der Waals surface area contributed by atoms with E-state index in [1.807, 2.05) is 0 Å². The summed E-state index contributed by atoms with van der Waals surface area (Å²) in [5.41, 5.74) is 3.25. The van der Waals surface area contributed by atoms with Crippen molar-refractivity contribution in [1.82, 2.24) is 5.32 Å². The van der Waals surface area contributed by atoms with Crippen LogP contribution in [0.15, 0.2) is 24.3 Å². The summed E-state index contributed by atoms with van der Waals surface area (Å²) in [4.78, 5) is 0. The molecule has 1 N–H and O–H groups in total. The second-order valence-corrected chi connectivity index (χ2v) is 7.34. The van der Waals surface area contributed by atoms with Gasteiger partial charge < -0.3 is 5.32 Å². The Morgan fingerprint density at radius 2 is 1.71 bits per heavy atom. The molecule has 0 saturated heterocycles. The molecule has 1 fully saturated rings. The van der Waals surface area contributed by atoms with Gasteiger partial charge in [0.2, 0.25) is 0 Å². The van der Waals surface area contributed by atoms with E-state index in [2.05, 4.69) is 57.3 Å². The van der Waals surface area contributed by atoms with Crippen molar-refractivity contribution in [3.8, 4) is 0 Å². The molecular formula is C20H33N. The Morgan fingerprint density at radius 1 is 1.10 bits per heavy atom. The van der Waals surface area contributed by atoms with Gasteiger partial charge in [-0.3, -0.25) is 0 Å². The van der Waals surface area contributed by atoms with E-state index in [-0.39, 0.29) is 5.41 Å². The summed E-state index contributed by atoms with van der Waals surface area (Å²) >= 11 is 0. The van der Waals surface area contributed by atoms with Gasteiger partial charge in [-0.15, -0.1) is 0 Å². The second kappa shape index (κ2) is 7.45. The Kier molecular flexibility index (Phi) is 5.87. The molecule has 2 rings (SSSR count). The molecule has 0 bridgehead atoms. The number of hydrogen-bond acceptors (Lipinski definition) is 1. The molecule has 1 nitrogen and oxygen atoms in total. The maximum atomic E-state index is 3.80. The number of benzene rings is 1. The fourth-order valence-corrected chi connectivity index (χ4v) is 3.49. The van der Waals surface area contributed by atoms with E-state index in [4.69, 9.17) is 0 Å². The molecule has 1 saturated carbocycles. The van der Waals surface area contributed by atoms with Crippen molar-refractivity contribution in [3.63, 3.8) is 0 Å². The van der Waals surface area contributed by atoms with E-state index < -0.39 is 0 Å². The molecule has 0 radical (unpaired) electrons. The van der Waals surface area contributed by atoms with E-state index in [0.717, 1.165) is 12.5 Å². The maximum Gasteiger partial charge on any atom is 0.0348 e. The second-order valence-electron chi connectivity index (χ2n) is 7.34. The number of hydrogen-bond donors (Lipinski definition) is 1. The highest BCUT2D eigenvalue weighted by Crippen LogP contribution is 2.36. The predicted molar refractivity (Wildman–Crippen MR) is 92.8 cm³/mol. The van der Waals surface area contributed by atoms with Crippen molar-refractivity contribution in [2.45, 2.75) is 77.7 Å². The lowest BCUT2D eigenvalue weighted by molar-refractivity contribution is 0.368. The monoisotopic (exact) mass is 287 g/mol. The molecule has 1 atom stereocenters. The van der Waals surface area contributed by atoms with Gasteiger partial charge in [0, 0.05) is 6.04 Å². The average molecular weight is 287 g/mol. The fraction of sp³-hybridized carbons (Fsp3) is 0.700. The first-order chi connectivity index (χ1) is 10.1. The summed E-state index contributed by atoms with van der Waals surface area (Å²) in [5, 5.41) is 3.80. The molecule has 1 aromatic rings. The van der Waals surface area contributed by atoms with Crippen LogP contribution < -0.4 is 5.32 Å². The number of nitrogens with one attached hydrogen (secondary N) is 1. The summed E-state index contributed by atoms with van der Waals surface area (Å²) in [6.07, 6.45) is 8.01. The van der Waals surface area contributed by atoms with Crippen molar-refractivity contribution in [3.05, 3.63) is 35.4 Å². The van der Waals surface area contributed by atoms with E-state index >= 15 is 0 Å². The smallest absolute Gasteiger partial charge is 0.0348 e. The molecule has 1 aliphatic rings. The summed E-state index contributed by atoms with van der Waals surface area (Å²) < 4.78 is 0. The minimum absolute atomic E-state index is 0.290. The van der Waals surface area contributed by atoms with E-state index in [1.165, 1.54) is 49.7 Å². The van der Waals surface area contributed by atoms with Gasteiger partial charge in [-0.25, -0.2) is 0 Å². The Labute approximate surface area is 131 Å². The molecule has 1 heteroatoms. The van der Waals surface area contributed by atoms with Crippen LogP contribution in [0.4, 0.5) is 0 Å². The van der Waals surface area contributed by atoms with Gasteiger partial charge in [0.15, 0.2) is 0 Å². The minimum Gasteiger partial charge on any atom is -0.310 e. The highest BCUT2D eigenvalue weighted by molar-refractivity contribution is 5.30. The standard InChI is InChI=1S/C20H33N/c1-5-15-21-19(16-9-7-8-10-16)17-11-13-18(14-12-17)20(3,4)6-2/h11-14,16,19,21H,5-10,15H2,1-4H3. The van der Waals surface area contributed by atoms with Gasteiger partial charge >= 0.3 is 0 Å². The van der Waals surface area contributed by atoms with Crippen molar-refractivity contribution < 1.29 is 0 Å². The Morgan fingerprint density at radius 3 is 2.24 bits per heavy atom. The third-order valence-electron chi connectivity index (χ3n) is 5.42. The topological polar surface area (TPSA) is 12.0 Å². The van der Waals surface area contributed by atoms with Crippen LogP contribution in [0.5, 0.6) is 0 Å². The Hall–Kier alpha value is -0.820. The van der Waals surface area contributed by atoms with E-state index in [1.54, 1.807) is 0 Å². The lowest BCUT2D eigenvalue weighted by Gasteiger charge is -2.27. The predicted octanol–water partition coefficient (Wildman–Crippen LogP) is 5.61. The molecule has 0 amide bonds. The molecule has 0 heterocycles. The van der Waals surface area contributed by atoms with Crippen LogP contribution in [0.1, 0.15) is 83.4 Å². The zero-order chi connectivity index (χ0) is 15.3. The van der Waals surface area contributed by atoms with Crippen LogP contribution in [0.2, 0.25) is 0 Å². The van der Waals surface area contributed by atoms with Gasteiger partial charge in [-0.1, -0.05) is 64.8 Å². The van der Waals surface area contributed by atoms with Gasteiger partial charge in [0.25, 0.3) is 0 Å². The molecule has 1 aromatic carbocycles. The highest BCUT2D eigenvalue weighted by Gasteiger charge is 2.26. The maximum absolute atomic E-state index is 3.80. The van der Waals surface area contributed by atoms with Crippen molar-refractivity contribution in [2.24, 2.45) is 5.92 Å². The first-order valence-corrected chi connectivity index (χ1v) is 8.92. The van der Waals surface area contributed by atoms with Crippen molar-refractivity contribution in [2.75, 3.05) is 6.54 Å². The first kappa shape index (κ1) is 16.5. The summed E-state index contributed by atoms with van der Waals surface area (Å²) in [6, 6.07) is 10.0. The van der Waals surface area contributed by atoms with Crippen molar-refractivity contribution in [1.29, 1.82) is 0 Å². The lowest BCUT2D eigenvalue weighted by Crippen LogP contribution is -2.28. The van der Waals surface area contributed by atoms with Crippen LogP contribution in [0.25, 0.3) is 0 Å². The largest absolute Gasteiger partial charge is 0.310 e. The highest BCUT2D eigenvalue weighted by atomic mass is 14.9. The SMILES string of the molecule is CCCNC(c1ccc(C(C)(C)CC)cc1)C1CCCC1. The van der Waals surface area contributed by atoms with Gasteiger partial charge in [0.05, 0.1) is 0 Å². The summed E-state index contributed by atoms with van der Waals surface area (Å²) in [6.45, 7) is 10.3. The first-order valence-electron chi connectivity index (χ1n) is 8.92. The molecule has 0 aliphatic heterocycles. The lowest BCUT2D eigenvalue weighted by atomic mass is 9.81. The summed E-state index contributed by atoms with van der Waals surface area (Å²) in [7, 11) is 0. The van der Waals surface area contributed by atoms with E-state index in [9.17, 15) is 0 Å². The molecule has 1 aliphatic carbocycles. The average Bonchev–Trinajstić information content (AvgIpc) is 3.02. The van der Waals surface area contributed by atoms with Crippen molar-refractivity contribution >= 4 is 0 Å². The number of rotatable bonds is 7. The third kappa shape index (κ3) is 4.10. The normalized spacial score (nSPS) is 18.1. The van der Waals surface area contributed by atoms with Gasteiger partial charge in [-0.2, -0.15) is 0 Å². The van der Waals surface area contributed by atoms with Gasteiger partial charge in [-0.05, 0) is 54.7 Å². The fourth-order valence-electron chi connectivity index (χ4n) is 3.49. The van der Waals surface area contributed by atoms with E-state index in [0.29, 0.717) is 6.04 Å².